The van der Waals surface area contributed by atoms with Crippen LogP contribution >= 0.6 is 0 Å². The molecule has 1 saturated heterocycles. The highest BCUT2D eigenvalue weighted by atomic mass is 19.1. The first-order valence-electron chi connectivity index (χ1n) is 7.30. The number of hydrogen-bond donors (Lipinski definition) is 1. The Kier molecular flexibility index (Phi) is 4.94. The number of halogens is 1. The van der Waals surface area contributed by atoms with E-state index in [2.05, 4.69) is 16.3 Å². The molecule has 0 amide bonds. The zero-order valence-electron chi connectivity index (χ0n) is 12.3. The number of aryl methyl sites for hydroxylation is 1. The van der Waals surface area contributed by atoms with Gasteiger partial charge in [0.25, 0.3) is 0 Å². The highest BCUT2D eigenvalue weighted by Gasteiger charge is 2.13. The van der Waals surface area contributed by atoms with E-state index in [4.69, 9.17) is 0 Å². The average molecular weight is 264 g/mol. The fourth-order valence-corrected chi connectivity index (χ4v) is 2.66. The molecule has 0 bridgehead atoms. The van der Waals surface area contributed by atoms with Gasteiger partial charge in [0, 0.05) is 32.7 Å². The van der Waals surface area contributed by atoms with Crippen molar-refractivity contribution >= 4 is 0 Å². The Bertz CT molecular complexity index is 423. The molecule has 0 radical (unpaired) electrons. The molecule has 0 atom stereocenters. The van der Waals surface area contributed by atoms with E-state index in [1.165, 1.54) is 5.56 Å². The SMILES string of the molecule is Cc1cc(F)c(C(C)C)cc1CCN1CCNCC1. The Morgan fingerprint density at radius 1 is 1.26 bits per heavy atom. The van der Waals surface area contributed by atoms with Gasteiger partial charge in [0.2, 0.25) is 0 Å². The van der Waals surface area contributed by atoms with E-state index >= 15 is 0 Å². The number of hydrogen-bond acceptors (Lipinski definition) is 2. The van der Waals surface area contributed by atoms with Crippen LogP contribution in [0.5, 0.6) is 0 Å². The first-order chi connectivity index (χ1) is 9.08. The Morgan fingerprint density at radius 2 is 1.95 bits per heavy atom. The lowest BCUT2D eigenvalue weighted by atomic mass is 9.95. The molecule has 1 aliphatic heterocycles. The Labute approximate surface area is 116 Å². The van der Waals surface area contributed by atoms with Crippen molar-refractivity contribution in [1.82, 2.24) is 10.2 Å². The van der Waals surface area contributed by atoms with Crippen molar-refractivity contribution in [3.63, 3.8) is 0 Å². The van der Waals surface area contributed by atoms with E-state index in [-0.39, 0.29) is 11.7 Å². The van der Waals surface area contributed by atoms with Gasteiger partial charge in [0.15, 0.2) is 0 Å². The molecule has 0 saturated carbocycles. The molecule has 19 heavy (non-hydrogen) atoms. The second-order valence-electron chi connectivity index (χ2n) is 5.80. The van der Waals surface area contributed by atoms with Crippen LogP contribution in [0.3, 0.4) is 0 Å². The third-order valence-corrected chi connectivity index (χ3v) is 3.98. The van der Waals surface area contributed by atoms with Gasteiger partial charge < -0.3 is 10.2 Å². The van der Waals surface area contributed by atoms with Crippen LogP contribution in [0.15, 0.2) is 12.1 Å². The summed E-state index contributed by atoms with van der Waals surface area (Å²) in [5.74, 6) is 0.192. The Hall–Kier alpha value is -0.930. The third kappa shape index (κ3) is 3.77. The van der Waals surface area contributed by atoms with E-state index in [1.54, 1.807) is 6.07 Å². The van der Waals surface area contributed by atoms with E-state index in [9.17, 15) is 4.39 Å². The molecule has 1 N–H and O–H groups in total. The van der Waals surface area contributed by atoms with Gasteiger partial charge in [-0.2, -0.15) is 0 Å². The number of nitrogens with one attached hydrogen (secondary N) is 1. The van der Waals surface area contributed by atoms with Gasteiger partial charge in [0.1, 0.15) is 5.82 Å². The lowest BCUT2D eigenvalue weighted by molar-refractivity contribution is 0.244. The van der Waals surface area contributed by atoms with Crippen LogP contribution in [0, 0.1) is 12.7 Å². The molecule has 1 aliphatic rings. The second kappa shape index (κ2) is 6.49. The highest BCUT2D eigenvalue weighted by molar-refractivity contribution is 5.34. The Morgan fingerprint density at radius 3 is 2.58 bits per heavy atom. The van der Waals surface area contributed by atoms with Crippen molar-refractivity contribution < 1.29 is 4.39 Å². The van der Waals surface area contributed by atoms with E-state index in [0.29, 0.717) is 0 Å². The fourth-order valence-electron chi connectivity index (χ4n) is 2.66. The third-order valence-electron chi connectivity index (χ3n) is 3.98. The summed E-state index contributed by atoms with van der Waals surface area (Å²) in [6, 6.07) is 3.76. The monoisotopic (exact) mass is 264 g/mol. The minimum Gasteiger partial charge on any atom is -0.314 e. The number of benzene rings is 1. The van der Waals surface area contributed by atoms with Crippen LogP contribution in [-0.4, -0.2) is 37.6 Å². The van der Waals surface area contributed by atoms with Crippen molar-refractivity contribution in [1.29, 1.82) is 0 Å². The van der Waals surface area contributed by atoms with Crippen molar-refractivity contribution in [2.24, 2.45) is 0 Å². The molecule has 2 rings (SSSR count). The lowest BCUT2D eigenvalue weighted by Crippen LogP contribution is -2.44. The normalized spacial score (nSPS) is 17.1. The molecule has 106 valence electrons. The van der Waals surface area contributed by atoms with Crippen LogP contribution in [0.4, 0.5) is 4.39 Å². The van der Waals surface area contributed by atoms with Crippen molar-refractivity contribution in [2.75, 3.05) is 32.7 Å². The van der Waals surface area contributed by atoms with Crippen molar-refractivity contribution in [2.45, 2.75) is 33.1 Å². The van der Waals surface area contributed by atoms with Crippen LogP contribution in [0.2, 0.25) is 0 Å². The summed E-state index contributed by atoms with van der Waals surface area (Å²) in [7, 11) is 0. The van der Waals surface area contributed by atoms with Gasteiger partial charge in [-0.05, 0) is 42.0 Å². The maximum Gasteiger partial charge on any atom is 0.126 e. The minimum atomic E-state index is -0.0570. The molecule has 0 unspecified atom stereocenters. The molecule has 0 aromatic heterocycles. The number of piperazine rings is 1. The molecule has 2 nitrogen and oxygen atoms in total. The van der Waals surface area contributed by atoms with E-state index < -0.39 is 0 Å². The quantitative estimate of drug-likeness (QED) is 0.899. The first kappa shape index (κ1) is 14.5. The highest BCUT2D eigenvalue weighted by Crippen LogP contribution is 2.23. The van der Waals surface area contributed by atoms with Crippen LogP contribution in [0.25, 0.3) is 0 Å². The second-order valence-corrected chi connectivity index (χ2v) is 5.80. The summed E-state index contributed by atoms with van der Waals surface area (Å²) in [6.45, 7) is 11.6. The smallest absolute Gasteiger partial charge is 0.126 e. The predicted octanol–water partition coefficient (Wildman–Crippen LogP) is 2.71. The van der Waals surface area contributed by atoms with Gasteiger partial charge in [-0.1, -0.05) is 19.9 Å². The maximum atomic E-state index is 13.9. The average Bonchev–Trinajstić information content (AvgIpc) is 2.38. The number of rotatable bonds is 4. The summed E-state index contributed by atoms with van der Waals surface area (Å²) in [4.78, 5) is 2.48. The lowest BCUT2D eigenvalue weighted by Gasteiger charge is -2.27. The van der Waals surface area contributed by atoms with Crippen LogP contribution in [0.1, 0.15) is 36.5 Å². The Balaban J connectivity index is 2.04. The largest absolute Gasteiger partial charge is 0.314 e. The molecule has 1 heterocycles. The van der Waals surface area contributed by atoms with Crippen LogP contribution in [-0.2, 0) is 6.42 Å². The van der Waals surface area contributed by atoms with Gasteiger partial charge in [-0.15, -0.1) is 0 Å². The van der Waals surface area contributed by atoms with Crippen molar-refractivity contribution in [3.8, 4) is 0 Å². The van der Waals surface area contributed by atoms with Gasteiger partial charge in [-0.3, -0.25) is 0 Å². The molecule has 1 fully saturated rings. The van der Waals surface area contributed by atoms with Gasteiger partial charge in [0.05, 0.1) is 0 Å². The molecular formula is C16H25FN2. The first-order valence-corrected chi connectivity index (χ1v) is 7.30. The molecule has 3 heteroatoms. The zero-order valence-corrected chi connectivity index (χ0v) is 12.3. The topological polar surface area (TPSA) is 15.3 Å². The van der Waals surface area contributed by atoms with Gasteiger partial charge >= 0.3 is 0 Å². The maximum absolute atomic E-state index is 13.9. The van der Waals surface area contributed by atoms with E-state index in [1.807, 2.05) is 20.8 Å². The molecule has 0 spiro atoms. The molecule has 1 aromatic carbocycles. The zero-order chi connectivity index (χ0) is 13.8. The standard InChI is InChI=1S/C16H25FN2/c1-12(2)15-11-14(13(3)10-16(15)17)4-7-19-8-5-18-6-9-19/h10-12,18H,4-9H2,1-3H3. The summed E-state index contributed by atoms with van der Waals surface area (Å²) in [6.07, 6.45) is 1.02. The number of nitrogens with zero attached hydrogens (tertiary/aromatic N) is 1. The van der Waals surface area contributed by atoms with Gasteiger partial charge in [-0.25, -0.2) is 4.39 Å². The summed E-state index contributed by atoms with van der Waals surface area (Å²) >= 11 is 0. The van der Waals surface area contributed by atoms with Crippen LogP contribution < -0.4 is 5.32 Å². The molecule has 0 aliphatic carbocycles. The molecular weight excluding hydrogens is 239 g/mol. The molecule has 1 aromatic rings. The minimum absolute atomic E-state index is 0.0570. The summed E-state index contributed by atoms with van der Waals surface area (Å²) < 4.78 is 13.9. The fraction of sp³-hybridized carbons (Fsp3) is 0.625. The predicted molar refractivity (Wildman–Crippen MR) is 78.2 cm³/mol. The summed E-state index contributed by atoms with van der Waals surface area (Å²) in [5, 5.41) is 3.36. The van der Waals surface area contributed by atoms with E-state index in [0.717, 1.165) is 50.3 Å². The summed E-state index contributed by atoms with van der Waals surface area (Å²) in [5.41, 5.74) is 3.22. The van der Waals surface area contributed by atoms with Crippen molar-refractivity contribution in [3.05, 3.63) is 34.6 Å².